The lowest BCUT2D eigenvalue weighted by Crippen LogP contribution is -2.32. The Kier molecular flexibility index (Phi) is 5.25. The molecule has 0 saturated carbocycles. The van der Waals surface area contributed by atoms with Gasteiger partial charge >= 0.3 is 0 Å². The van der Waals surface area contributed by atoms with Gasteiger partial charge in [0.15, 0.2) is 0 Å². The first-order valence-electron chi connectivity index (χ1n) is 6.73. The molecule has 1 aromatic rings. The molecular weight excluding hydrogens is 282 g/mol. The van der Waals surface area contributed by atoms with Gasteiger partial charge in [-0.1, -0.05) is 37.1 Å². The standard InChI is InChI=1S/C14H20ClNO2S/c15-11-13-5-7-14(8-6-13)12-19(17,18)16-9-3-1-2-4-10-16/h5-8H,1-4,9-12H2. The summed E-state index contributed by atoms with van der Waals surface area (Å²) >= 11 is 5.73. The predicted octanol–water partition coefficient (Wildman–Crippen LogP) is 3.13. The first-order valence-corrected chi connectivity index (χ1v) is 8.88. The number of hydrogen-bond donors (Lipinski definition) is 0. The first kappa shape index (κ1) is 14.8. The van der Waals surface area contributed by atoms with Crippen LogP contribution in [0.2, 0.25) is 0 Å². The van der Waals surface area contributed by atoms with E-state index < -0.39 is 10.0 Å². The van der Waals surface area contributed by atoms with Crippen molar-refractivity contribution < 1.29 is 8.42 Å². The predicted molar refractivity (Wildman–Crippen MR) is 78.7 cm³/mol. The summed E-state index contributed by atoms with van der Waals surface area (Å²) in [7, 11) is -3.18. The van der Waals surface area contributed by atoms with Gasteiger partial charge in [0, 0.05) is 19.0 Å². The highest BCUT2D eigenvalue weighted by Crippen LogP contribution is 2.17. The van der Waals surface area contributed by atoms with Gasteiger partial charge in [-0.3, -0.25) is 0 Å². The average Bonchev–Trinajstić information content (AvgIpc) is 2.68. The van der Waals surface area contributed by atoms with Crippen molar-refractivity contribution in [2.45, 2.75) is 37.3 Å². The van der Waals surface area contributed by atoms with Gasteiger partial charge < -0.3 is 0 Å². The Labute approximate surface area is 120 Å². The minimum atomic E-state index is -3.18. The zero-order valence-electron chi connectivity index (χ0n) is 11.0. The summed E-state index contributed by atoms with van der Waals surface area (Å²) in [5, 5.41) is 0. The quantitative estimate of drug-likeness (QED) is 0.801. The molecular formula is C14H20ClNO2S. The maximum atomic E-state index is 12.4. The van der Waals surface area contributed by atoms with E-state index in [-0.39, 0.29) is 5.75 Å². The average molecular weight is 302 g/mol. The van der Waals surface area contributed by atoms with Crippen LogP contribution in [0.3, 0.4) is 0 Å². The monoisotopic (exact) mass is 301 g/mol. The second-order valence-electron chi connectivity index (χ2n) is 5.02. The zero-order chi connectivity index (χ0) is 13.7. The highest BCUT2D eigenvalue weighted by atomic mass is 35.5. The molecule has 0 spiro atoms. The topological polar surface area (TPSA) is 37.4 Å². The summed E-state index contributed by atoms with van der Waals surface area (Å²) in [6.45, 7) is 1.34. The SMILES string of the molecule is O=S(=O)(Cc1ccc(CCl)cc1)N1CCCCCC1. The van der Waals surface area contributed by atoms with Crippen LogP contribution in [-0.4, -0.2) is 25.8 Å². The third-order valence-electron chi connectivity index (χ3n) is 3.48. The minimum absolute atomic E-state index is 0.0928. The van der Waals surface area contributed by atoms with Gasteiger partial charge in [-0.2, -0.15) is 0 Å². The van der Waals surface area contributed by atoms with Gasteiger partial charge in [-0.15, -0.1) is 11.6 Å². The number of hydrogen-bond acceptors (Lipinski definition) is 2. The summed E-state index contributed by atoms with van der Waals surface area (Å²) in [5.41, 5.74) is 1.84. The second kappa shape index (κ2) is 6.73. The first-order chi connectivity index (χ1) is 9.12. The Balaban J connectivity index is 2.06. The van der Waals surface area contributed by atoms with E-state index in [0.717, 1.165) is 36.8 Å². The Morgan fingerprint density at radius 1 is 0.947 bits per heavy atom. The molecule has 0 radical (unpaired) electrons. The van der Waals surface area contributed by atoms with Crippen LogP contribution in [0, 0.1) is 0 Å². The van der Waals surface area contributed by atoms with Crippen molar-refractivity contribution >= 4 is 21.6 Å². The van der Waals surface area contributed by atoms with E-state index in [9.17, 15) is 8.42 Å². The molecule has 0 unspecified atom stereocenters. The fraction of sp³-hybridized carbons (Fsp3) is 0.571. The molecule has 0 amide bonds. The molecule has 1 aromatic carbocycles. The van der Waals surface area contributed by atoms with E-state index in [1.165, 1.54) is 0 Å². The molecule has 1 aliphatic heterocycles. The van der Waals surface area contributed by atoms with E-state index >= 15 is 0 Å². The minimum Gasteiger partial charge on any atom is -0.212 e. The molecule has 2 rings (SSSR count). The number of sulfonamides is 1. The van der Waals surface area contributed by atoms with E-state index in [1.54, 1.807) is 4.31 Å². The third-order valence-corrected chi connectivity index (χ3v) is 5.64. The Morgan fingerprint density at radius 3 is 2.00 bits per heavy atom. The summed E-state index contributed by atoms with van der Waals surface area (Å²) in [6, 6.07) is 7.49. The number of nitrogens with zero attached hydrogens (tertiary/aromatic N) is 1. The lowest BCUT2D eigenvalue weighted by Gasteiger charge is -2.19. The van der Waals surface area contributed by atoms with Gasteiger partial charge in [-0.25, -0.2) is 12.7 Å². The third kappa shape index (κ3) is 4.20. The Bertz CT molecular complexity index is 491. The molecule has 1 heterocycles. The summed E-state index contributed by atoms with van der Waals surface area (Å²) in [4.78, 5) is 0. The molecule has 0 N–H and O–H groups in total. The van der Waals surface area contributed by atoms with Crippen LogP contribution in [0.25, 0.3) is 0 Å². The van der Waals surface area contributed by atoms with Crippen LogP contribution in [0.5, 0.6) is 0 Å². The van der Waals surface area contributed by atoms with Crippen LogP contribution in [0.15, 0.2) is 24.3 Å². The lowest BCUT2D eigenvalue weighted by molar-refractivity contribution is 0.423. The van der Waals surface area contributed by atoms with Crippen LogP contribution < -0.4 is 0 Å². The Hall–Kier alpha value is -0.580. The zero-order valence-corrected chi connectivity index (χ0v) is 12.6. The van der Waals surface area contributed by atoms with Gasteiger partial charge in [-0.05, 0) is 24.0 Å². The van der Waals surface area contributed by atoms with Crippen molar-refractivity contribution in [1.29, 1.82) is 0 Å². The van der Waals surface area contributed by atoms with Crippen molar-refractivity contribution in [3.63, 3.8) is 0 Å². The molecule has 19 heavy (non-hydrogen) atoms. The summed E-state index contributed by atoms with van der Waals surface area (Å²) in [5.74, 6) is 0.550. The molecule has 1 aliphatic rings. The van der Waals surface area contributed by atoms with Crippen LogP contribution in [-0.2, 0) is 21.7 Å². The molecule has 0 bridgehead atoms. The van der Waals surface area contributed by atoms with E-state index in [4.69, 9.17) is 11.6 Å². The van der Waals surface area contributed by atoms with Gasteiger partial charge in [0.2, 0.25) is 10.0 Å². The van der Waals surface area contributed by atoms with Crippen molar-refractivity contribution in [3.8, 4) is 0 Å². The molecule has 1 saturated heterocycles. The number of benzene rings is 1. The van der Waals surface area contributed by atoms with E-state index in [1.807, 2.05) is 24.3 Å². The maximum Gasteiger partial charge on any atom is 0.218 e. The molecule has 1 fully saturated rings. The van der Waals surface area contributed by atoms with Crippen molar-refractivity contribution in [2.24, 2.45) is 0 Å². The van der Waals surface area contributed by atoms with Gasteiger partial charge in [0.25, 0.3) is 0 Å². The van der Waals surface area contributed by atoms with Crippen molar-refractivity contribution in [3.05, 3.63) is 35.4 Å². The van der Waals surface area contributed by atoms with E-state index in [0.29, 0.717) is 19.0 Å². The van der Waals surface area contributed by atoms with Crippen LogP contribution >= 0.6 is 11.6 Å². The fourth-order valence-electron chi connectivity index (χ4n) is 2.35. The number of alkyl halides is 1. The lowest BCUT2D eigenvalue weighted by atomic mass is 10.2. The molecule has 3 nitrogen and oxygen atoms in total. The van der Waals surface area contributed by atoms with Gasteiger partial charge in [0.05, 0.1) is 5.75 Å². The molecule has 0 atom stereocenters. The molecule has 5 heteroatoms. The highest BCUT2D eigenvalue weighted by molar-refractivity contribution is 7.88. The van der Waals surface area contributed by atoms with Crippen LogP contribution in [0.4, 0.5) is 0 Å². The van der Waals surface area contributed by atoms with Crippen molar-refractivity contribution in [1.82, 2.24) is 4.31 Å². The smallest absolute Gasteiger partial charge is 0.212 e. The maximum absolute atomic E-state index is 12.4. The fourth-order valence-corrected chi connectivity index (χ4v) is 4.14. The van der Waals surface area contributed by atoms with E-state index in [2.05, 4.69) is 0 Å². The second-order valence-corrected chi connectivity index (χ2v) is 7.26. The normalized spacial score (nSPS) is 18.2. The Morgan fingerprint density at radius 2 is 1.47 bits per heavy atom. The molecule has 0 aromatic heterocycles. The number of halogens is 1. The molecule has 106 valence electrons. The summed E-state index contributed by atoms with van der Waals surface area (Å²) in [6.07, 6.45) is 4.22. The van der Waals surface area contributed by atoms with Gasteiger partial charge in [0.1, 0.15) is 0 Å². The molecule has 0 aliphatic carbocycles. The largest absolute Gasteiger partial charge is 0.218 e. The number of rotatable bonds is 4. The highest BCUT2D eigenvalue weighted by Gasteiger charge is 2.23. The summed E-state index contributed by atoms with van der Waals surface area (Å²) < 4.78 is 26.4. The van der Waals surface area contributed by atoms with Crippen LogP contribution in [0.1, 0.15) is 36.8 Å². The van der Waals surface area contributed by atoms with Crippen molar-refractivity contribution in [2.75, 3.05) is 13.1 Å².